The maximum Gasteiger partial charge on any atom is 0.220 e. The van der Waals surface area contributed by atoms with Crippen LogP contribution in [0.15, 0.2) is 35.1 Å². The Labute approximate surface area is 117 Å². The minimum atomic E-state index is 0.549. The zero-order valence-corrected chi connectivity index (χ0v) is 13.0. The van der Waals surface area contributed by atoms with Crippen molar-refractivity contribution in [3.63, 3.8) is 0 Å². The summed E-state index contributed by atoms with van der Waals surface area (Å²) < 4.78 is 5.12. The maximum atomic E-state index is 5.12. The third-order valence-corrected chi connectivity index (χ3v) is 2.38. The van der Waals surface area contributed by atoms with Crippen molar-refractivity contribution in [2.45, 2.75) is 47.8 Å². The molecular weight excluding hydrogens is 235 g/mol. The lowest BCUT2D eigenvalue weighted by molar-refractivity contribution is 0.505. The molecule has 1 heterocycles. The van der Waals surface area contributed by atoms with Crippen molar-refractivity contribution in [2.24, 2.45) is 0 Å². The van der Waals surface area contributed by atoms with Gasteiger partial charge in [0.15, 0.2) is 6.71 Å². The van der Waals surface area contributed by atoms with Gasteiger partial charge >= 0.3 is 0 Å². The Kier molecular flexibility index (Phi) is 9.50. The normalized spacial score (nSPS) is 8.74. The van der Waals surface area contributed by atoms with Gasteiger partial charge in [-0.15, -0.1) is 10.2 Å². The van der Waals surface area contributed by atoms with E-state index in [0.29, 0.717) is 19.0 Å². The van der Waals surface area contributed by atoms with Crippen molar-refractivity contribution < 1.29 is 4.42 Å². The predicted molar refractivity (Wildman–Crippen MR) is 83.4 cm³/mol. The van der Waals surface area contributed by atoms with E-state index in [0.717, 1.165) is 0 Å². The van der Waals surface area contributed by atoms with E-state index in [1.165, 1.54) is 17.4 Å². The molecule has 0 aliphatic heterocycles. The monoisotopic (exact) mass is 260 g/mol. The molecule has 0 aliphatic rings. The molecule has 0 aliphatic carbocycles. The van der Waals surface area contributed by atoms with Gasteiger partial charge in [-0.3, -0.25) is 0 Å². The van der Waals surface area contributed by atoms with Gasteiger partial charge in [-0.2, -0.15) is 0 Å². The minimum Gasteiger partial charge on any atom is -0.428 e. The first-order valence-corrected chi connectivity index (χ1v) is 7.09. The molecule has 1 aromatic heterocycles. The van der Waals surface area contributed by atoms with Crippen LogP contribution in [0.25, 0.3) is 0 Å². The molecule has 104 valence electrons. The van der Waals surface area contributed by atoms with E-state index in [-0.39, 0.29) is 0 Å². The number of nitrogens with zero attached hydrogens (tertiary/aromatic N) is 2. The molecule has 2 rings (SSSR count). The molecule has 0 amide bonds. The molecule has 0 unspecified atom stereocenters. The van der Waals surface area contributed by atoms with E-state index in [1.54, 1.807) is 0 Å². The van der Waals surface area contributed by atoms with Crippen molar-refractivity contribution in [1.82, 2.24) is 10.2 Å². The third-order valence-electron chi connectivity index (χ3n) is 2.38. The van der Waals surface area contributed by atoms with Crippen LogP contribution in [0.5, 0.6) is 0 Å². The molecule has 0 bridgehead atoms. The Morgan fingerprint density at radius 3 is 2.32 bits per heavy atom. The second kappa shape index (κ2) is 10.4. The summed E-state index contributed by atoms with van der Waals surface area (Å²) in [5.74, 6) is 0.663. The summed E-state index contributed by atoms with van der Waals surface area (Å²) in [4.78, 5) is 0. The van der Waals surface area contributed by atoms with Crippen LogP contribution in [0, 0.1) is 0 Å². The van der Waals surface area contributed by atoms with E-state index in [1.807, 2.05) is 27.7 Å². The van der Waals surface area contributed by atoms with Gasteiger partial charge in [0.2, 0.25) is 12.3 Å². The van der Waals surface area contributed by atoms with Crippen LogP contribution in [0.1, 0.15) is 39.1 Å². The molecule has 0 N–H and O–H groups in total. The van der Waals surface area contributed by atoms with Crippen LogP contribution >= 0.6 is 0 Å². The standard InChI is InChI=1S/C11H13BN2O.2C2H6/c1-12(2)10-5-3-4-9(6-10)7-11-14-13-8-15-11;2*1-2/h3-6,8H,7H2,1-2H3;2*1-2H3. The first kappa shape index (κ1) is 17.4. The number of rotatable bonds is 3. The van der Waals surface area contributed by atoms with E-state index in [4.69, 9.17) is 4.42 Å². The molecule has 0 atom stereocenters. The minimum absolute atomic E-state index is 0.549. The zero-order chi connectivity index (χ0) is 14.7. The Morgan fingerprint density at radius 1 is 1.11 bits per heavy atom. The highest BCUT2D eigenvalue weighted by Crippen LogP contribution is 2.05. The van der Waals surface area contributed by atoms with Gasteiger partial charge in [-0.1, -0.05) is 71.1 Å². The lowest BCUT2D eigenvalue weighted by Gasteiger charge is -2.04. The summed E-state index contributed by atoms with van der Waals surface area (Å²) in [7, 11) is 0. The van der Waals surface area contributed by atoms with Crippen LogP contribution in [-0.2, 0) is 6.42 Å². The summed E-state index contributed by atoms with van der Waals surface area (Å²) in [6.07, 6.45) is 2.07. The molecule has 0 saturated carbocycles. The van der Waals surface area contributed by atoms with Crippen molar-refractivity contribution in [3.05, 3.63) is 42.1 Å². The fourth-order valence-corrected chi connectivity index (χ4v) is 1.51. The van der Waals surface area contributed by atoms with Crippen LogP contribution in [0.2, 0.25) is 13.6 Å². The zero-order valence-electron chi connectivity index (χ0n) is 13.0. The number of hydrogen-bond donors (Lipinski definition) is 0. The van der Waals surface area contributed by atoms with Gasteiger partial charge in [-0.05, 0) is 5.56 Å². The predicted octanol–water partition coefficient (Wildman–Crippen LogP) is 3.67. The fourth-order valence-electron chi connectivity index (χ4n) is 1.51. The molecule has 19 heavy (non-hydrogen) atoms. The summed E-state index contributed by atoms with van der Waals surface area (Å²) in [6.45, 7) is 12.9. The molecule has 2 aromatic rings. The number of benzene rings is 1. The first-order chi connectivity index (χ1) is 9.25. The summed E-state index contributed by atoms with van der Waals surface area (Å²) in [6, 6.07) is 8.48. The second-order valence-electron chi connectivity index (χ2n) is 3.91. The molecule has 0 spiro atoms. The highest BCUT2D eigenvalue weighted by atomic mass is 16.4. The molecule has 4 heteroatoms. The highest BCUT2D eigenvalue weighted by Gasteiger charge is 2.05. The average Bonchev–Trinajstić information content (AvgIpc) is 2.96. The van der Waals surface area contributed by atoms with Gasteiger partial charge in [0.05, 0.1) is 6.42 Å². The molecule has 0 fully saturated rings. The topological polar surface area (TPSA) is 38.9 Å². The molecular formula is C15H25BN2O. The lowest BCUT2D eigenvalue weighted by Crippen LogP contribution is -2.22. The van der Waals surface area contributed by atoms with Gasteiger partial charge in [0, 0.05) is 0 Å². The van der Waals surface area contributed by atoms with E-state index >= 15 is 0 Å². The van der Waals surface area contributed by atoms with E-state index in [9.17, 15) is 0 Å². The fraction of sp³-hybridized carbons (Fsp3) is 0.467. The molecule has 0 radical (unpaired) electrons. The largest absolute Gasteiger partial charge is 0.428 e. The quantitative estimate of drug-likeness (QED) is 0.790. The van der Waals surface area contributed by atoms with Crippen LogP contribution in [0.4, 0.5) is 0 Å². The van der Waals surface area contributed by atoms with Gasteiger partial charge in [0.1, 0.15) is 0 Å². The van der Waals surface area contributed by atoms with Crippen molar-refractivity contribution in [1.29, 1.82) is 0 Å². The van der Waals surface area contributed by atoms with Crippen molar-refractivity contribution in [2.75, 3.05) is 0 Å². The maximum absolute atomic E-state index is 5.12. The van der Waals surface area contributed by atoms with E-state index in [2.05, 4.69) is 48.1 Å². The Hall–Kier alpha value is -1.58. The van der Waals surface area contributed by atoms with Crippen molar-refractivity contribution in [3.8, 4) is 0 Å². The van der Waals surface area contributed by atoms with Crippen LogP contribution < -0.4 is 5.46 Å². The van der Waals surface area contributed by atoms with E-state index < -0.39 is 0 Å². The lowest BCUT2D eigenvalue weighted by atomic mass is 9.49. The van der Waals surface area contributed by atoms with Crippen LogP contribution in [0.3, 0.4) is 0 Å². The summed E-state index contributed by atoms with van der Waals surface area (Å²) in [5.41, 5.74) is 2.55. The molecule has 3 nitrogen and oxygen atoms in total. The van der Waals surface area contributed by atoms with Gasteiger partial charge in [0.25, 0.3) is 0 Å². The average molecular weight is 260 g/mol. The Balaban J connectivity index is 0.000000741. The van der Waals surface area contributed by atoms with Crippen molar-refractivity contribution >= 4 is 12.2 Å². The van der Waals surface area contributed by atoms with Crippen LogP contribution in [-0.4, -0.2) is 16.9 Å². The third kappa shape index (κ3) is 6.23. The smallest absolute Gasteiger partial charge is 0.220 e. The number of hydrogen-bond acceptors (Lipinski definition) is 3. The first-order valence-electron chi connectivity index (χ1n) is 7.09. The van der Waals surface area contributed by atoms with Gasteiger partial charge in [-0.25, -0.2) is 0 Å². The Morgan fingerprint density at radius 2 is 1.79 bits per heavy atom. The van der Waals surface area contributed by atoms with Gasteiger partial charge < -0.3 is 4.42 Å². The SMILES string of the molecule is CB(C)c1cccc(Cc2nnco2)c1.CC.CC. The summed E-state index contributed by atoms with van der Waals surface area (Å²) >= 11 is 0. The highest BCUT2D eigenvalue weighted by molar-refractivity contribution is 6.70. The number of aromatic nitrogens is 2. The Bertz CT molecular complexity index is 427. The second-order valence-corrected chi connectivity index (χ2v) is 3.91. The molecule has 1 aromatic carbocycles. The molecule has 0 saturated heterocycles. The summed E-state index contributed by atoms with van der Waals surface area (Å²) in [5, 5.41) is 7.53.